The average Bonchev–Trinajstić information content (AvgIpc) is 2.85. The maximum absolute atomic E-state index is 11.3. The fourth-order valence-corrected chi connectivity index (χ4v) is 2.70. The Bertz CT molecular complexity index is 1350. The Morgan fingerprint density at radius 2 is 1.97 bits per heavy atom. The zero-order valence-electron chi connectivity index (χ0n) is 24.8. The third-order valence-corrected chi connectivity index (χ3v) is 4.13. The van der Waals surface area contributed by atoms with Crippen molar-refractivity contribution in [3.63, 3.8) is 0 Å². The highest BCUT2D eigenvalue weighted by molar-refractivity contribution is 5.89. The minimum atomic E-state index is -2.78. The standard InChI is InChI=1S/C25H27NO3/c1-18-6-2-11-22(14-18)24(27)17-26-13-5-8-19-7-3-9-20(15-19)21-10-4-12-23(16-21)25(28)29/h2-4,6-7,9-12,14-16,24,26-27H,5,8,13,17H2,1H3,(H,28,29)/t24-/m0/s1/i2D,5D2,6D,11D,13D2,14D,24D. The van der Waals surface area contributed by atoms with E-state index in [1.807, 2.05) is 0 Å². The molecule has 0 saturated heterocycles. The van der Waals surface area contributed by atoms with Gasteiger partial charge in [0.1, 0.15) is 0 Å². The molecule has 0 unspecified atom stereocenters. The first-order valence-corrected chi connectivity index (χ1v) is 8.96. The number of rotatable bonds is 9. The van der Waals surface area contributed by atoms with Crippen LogP contribution in [0.25, 0.3) is 11.1 Å². The first kappa shape index (κ1) is 11.9. The highest BCUT2D eigenvalue weighted by Crippen LogP contribution is 2.22. The number of aryl methyl sites for hydroxylation is 1. The van der Waals surface area contributed by atoms with Crippen LogP contribution in [0.4, 0.5) is 0 Å². The lowest BCUT2D eigenvalue weighted by Gasteiger charge is -2.13. The molecule has 0 bridgehead atoms. The zero-order chi connectivity index (χ0) is 28.6. The van der Waals surface area contributed by atoms with Crippen molar-refractivity contribution >= 4 is 5.97 Å². The van der Waals surface area contributed by atoms with Crippen molar-refractivity contribution in [3.8, 4) is 11.1 Å². The molecule has 0 aliphatic rings. The van der Waals surface area contributed by atoms with Crippen molar-refractivity contribution in [1.82, 2.24) is 5.32 Å². The average molecular weight is 399 g/mol. The van der Waals surface area contributed by atoms with Crippen LogP contribution in [0.5, 0.6) is 0 Å². The first-order valence-electron chi connectivity index (χ1n) is 13.5. The fourth-order valence-electron chi connectivity index (χ4n) is 2.70. The highest BCUT2D eigenvalue weighted by atomic mass is 16.4. The van der Waals surface area contributed by atoms with E-state index < -0.39 is 61.6 Å². The summed E-state index contributed by atoms with van der Waals surface area (Å²) in [5.74, 6) is -1.09. The number of hydrogen-bond acceptors (Lipinski definition) is 3. The maximum atomic E-state index is 11.3. The van der Waals surface area contributed by atoms with Gasteiger partial charge in [0.05, 0.1) is 18.5 Å². The number of carboxylic acid groups (broad SMARTS) is 1. The largest absolute Gasteiger partial charge is 0.478 e. The second-order valence-electron chi connectivity index (χ2n) is 6.37. The molecule has 3 N–H and O–H groups in total. The van der Waals surface area contributed by atoms with E-state index in [-0.39, 0.29) is 17.2 Å². The van der Waals surface area contributed by atoms with Gasteiger partial charge in [-0.3, -0.25) is 0 Å². The Labute approximate surface area is 184 Å². The fraction of sp³-hybridized carbons (Fsp3) is 0.240. The van der Waals surface area contributed by atoms with Gasteiger partial charge in [0.2, 0.25) is 0 Å². The van der Waals surface area contributed by atoms with Gasteiger partial charge in [-0.15, -0.1) is 0 Å². The molecule has 3 rings (SSSR count). The summed E-state index contributed by atoms with van der Waals surface area (Å²) >= 11 is 0. The monoisotopic (exact) mass is 398 g/mol. The molecular weight excluding hydrogens is 362 g/mol. The van der Waals surface area contributed by atoms with Crippen LogP contribution in [0.3, 0.4) is 0 Å². The van der Waals surface area contributed by atoms with Gasteiger partial charge in [-0.05, 0) is 60.6 Å². The summed E-state index contributed by atoms with van der Waals surface area (Å²) in [5, 5.41) is 22.2. The molecule has 4 nitrogen and oxygen atoms in total. The van der Waals surface area contributed by atoms with E-state index in [9.17, 15) is 15.0 Å². The molecule has 3 aromatic carbocycles. The second kappa shape index (κ2) is 10.0. The molecule has 29 heavy (non-hydrogen) atoms. The third-order valence-electron chi connectivity index (χ3n) is 4.13. The van der Waals surface area contributed by atoms with Gasteiger partial charge in [0.15, 0.2) is 0 Å². The number of nitrogens with one attached hydrogen (secondary N) is 1. The Kier molecular flexibility index (Phi) is 4.11. The van der Waals surface area contributed by atoms with Crippen LogP contribution < -0.4 is 5.32 Å². The van der Waals surface area contributed by atoms with E-state index in [4.69, 9.17) is 12.3 Å². The van der Waals surface area contributed by atoms with E-state index in [0.717, 1.165) is 0 Å². The molecule has 150 valence electrons. The lowest BCUT2D eigenvalue weighted by molar-refractivity contribution is 0.0697. The van der Waals surface area contributed by atoms with Gasteiger partial charge in [-0.2, -0.15) is 0 Å². The molecule has 0 amide bonds. The molecule has 1 atom stereocenters. The molecule has 0 spiro atoms. The number of aliphatic hydroxyl groups is 1. The van der Waals surface area contributed by atoms with E-state index in [1.165, 1.54) is 19.1 Å². The van der Waals surface area contributed by atoms with Crippen molar-refractivity contribution in [2.75, 3.05) is 13.0 Å². The van der Waals surface area contributed by atoms with Crippen LogP contribution in [-0.4, -0.2) is 29.2 Å². The second-order valence-corrected chi connectivity index (χ2v) is 6.37. The van der Waals surface area contributed by atoms with Crippen molar-refractivity contribution in [3.05, 3.63) is 95.0 Å². The zero-order valence-corrected chi connectivity index (χ0v) is 15.8. The molecule has 4 heteroatoms. The predicted octanol–water partition coefficient (Wildman–Crippen LogP) is 4.62. The summed E-state index contributed by atoms with van der Waals surface area (Å²) in [6, 6.07) is 10.7. The maximum Gasteiger partial charge on any atom is 0.335 e. The normalized spacial score (nSPS) is 18.5. The molecule has 0 heterocycles. The van der Waals surface area contributed by atoms with Gasteiger partial charge in [0, 0.05) is 12.0 Å². The Morgan fingerprint density at radius 1 is 1.21 bits per heavy atom. The van der Waals surface area contributed by atoms with Gasteiger partial charge < -0.3 is 15.5 Å². The lowest BCUT2D eigenvalue weighted by atomic mass is 9.99. The molecular formula is C25H27NO3. The van der Waals surface area contributed by atoms with E-state index in [0.29, 0.717) is 16.7 Å². The Morgan fingerprint density at radius 3 is 2.76 bits per heavy atom. The third kappa shape index (κ3) is 6.01. The van der Waals surface area contributed by atoms with Gasteiger partial charge in [0.25, 0.3) is 0 Å². The van der Waals surface area contributed by atoms with E-state index in [1.54, 1.807) is 36.4 Å². The predicted molar refractivity (Wildman–Crippen MR) is 116 cm³/mol. The first-order chi connectivity index (χ1) is 17.5. The van der Waals surface area contributed by atoms with Crippen LogP contribution in [0.2, 0.25) is 0 Å². The SMILES string of the molecule is [2H]c1c([2H])c(C)c([2H])c([C@@]([2H])(O)CNC([2H])([2H])C([2H])([2H])Cc2cccc(-c3cccc(C(=O)O)c3)c2)c1[2H]. The molecule has 0 fully saturated rings. The molecule has 0 saturated carbocycles. The van der Waals surface area contributed by atoms with Crippen molar-refractivity contribution in [1.29, 1.82) is 0 Å². The Balaban J connectivity index is 1.83. The van der Waals surface area contributed by atoms with Crippen molar-refractivity contribution in [2.24, 2.45) is 0 Å². The summed E-state index contributed by atoms with van der Waals surface area (Å²) in [5.41, 5.74) is 1.12. The van der Waals surface area contributed by atoms with Crippen LogP contribution in [0, 0.1) is 6.92 Å². The number of carboxylic acids is 1. The van der Waals surface area contributed by atoms with Crippen LogP contribution in [-0.2, 0) is 6.42 Å². The van der Waals surface area contributed by atoms with E-state index in [2.05, 4.69) is 5.32 Å². The van der Waals surface area contributed by atoms with Gasteiger partial charge >= 0.3 is 5.97 Å². The number of hydrogen-bond donors (Lipinski definition) is 3. The molecule has 3 aromatic rings. The summed E-state index contributed by atoms with van der Waals surface area (Å²) in [6.07, 6.45) is -5.71. The van der Waals surface area contributed by atoms with Crippen molar-refractivity contribution < 1.29 is 27.3 Å². The van der Waals surface area contributed by atoms with Crippen LogP contribution in [0.1, 0.15) is 51.8 Å². The van der Waals surface area contributed by atoms with Gasteiger partial charge in [-0.25, -0.2) is 4.79 Å². The van der Waals surface area contributed by atoms with E-state index >= 15 is 0 Å². The summed E-state index contributed by atoms with van der Waals surface area (Å²) in [6.45, 7) is -2.32. The number of benzene rings is 3. The molecule has 0 radical (unpaired) electrons. The minimum absolute atomic E-state index is 0.0150. The molecule has 0 aliphatic heterocycles. The van der Waals surface area contributed by atoms with Crippen molar-refractivity contribution in [2.45, 2.75) is 25.8 Å². The number of carbonyl (C=O) groups is 1. The smallest absolute Gasteiger partial charge is 0.335 e. The summed E-state index contributed by atoms with van der Waals surface area (Å²) in [4.78, 5) is 11.3. The lowest BCUT2D eigenvalue weighted by Crippen LogP contribution is -2.22. The quantitative estimate of drug-likeness (QED) is 0.492. The topological polar surface area (TPSA) is 69.6 Å². The molecule has 0 aliphatic carbocycles. The summed E-state index contributed by atoms with van der Waals surface area (Å²) < 4.78 is 73.5. The highest BCUT2D eigenvalue weighted by Gasteiger charge is 2.07. The van der Waals surface area contributed by atoms with Crippen LogP contribution >= 0.6 is 0 Å². The van der Waals surface area contributed by atoms with Crippen LogP contribution in [0.15, 0.2) is 72.7 Å². The molecule has 0 aromatic heterocycles. The summed E-state index contributed by atoms with van der Waals surface area (Å²) in [7, 11) is 0. The Hall–Kier alpha value is -2.95. The van der Waals surface area contributed by atoms with Gasteiger partial charge in [-0.1, -0.05) is 66.1 Å². The number of aromatic carboxylic acids is 1. The minimum Gasteiger partial charge on any atom is -0.478 e.